The second-order valence-corrected chi connectivity index (χ2v) is 5.14. The van der Waals surface area contributed by atoms with E-state index in [0.29, 0.717) is 12.5 Å². The molecule has 0 atom stereocenters. The number of rotatable bonds is 4. The number of aryl methyl sites for hydroxylation is 1. The van der Waals surface area contributed by atoms with Gasteiger partial charge in [0.15, 0.2) is 0 Å². The first-order valence-electron chi connectivity index (χ1n) is 7.30. The Labute approximate surface area is 129 Å². The molecule has 5 heteroatoms. The maximum atomic E-state index is 11.9. The summed E-state index contributed by atoms with van der Waals surface area (Å²) in [7, 11) is 1.59. The molecular weight excluding hydrogens is 280 g/mol. The van der Waals surface area contributed by atoms with E-state index in [1.165, 1.54) is 0 Å². The van der Waals surface area contributed by atoms with Gasteiger partial charge in [-0.1, -0.05) is 6.07 Å². The fourth-order valence-corrected chi connectivity index (χ4v) is 2.47. The van der Waals surface area contributed by atoms with E-state index in [9.17, 15) is 4.79 Å². The van der Waals surface area contributed by atoms with E-state index in [1.807, 2.05) is 30.3 Å². The summed E-state index contributed by atoms with van der Waals surface area (Å²) in [5, 5.41) is 2.89. The first-order valence-corrected chi connectivity index (χ1v) is 7.30. The second-order valence-electron chi connectivity index (χ2n) is 5.14. The highest BCUT2D eigenvalue weighted by Crippen LogP contribution is 2.22. The molecule has 1 N–H and O–H groups in total. The van der Waals surface area contributed by atoms with Crippen LogP contribution in [0.2, 0.25) is 0 Å². The summed E-state index contributed by atoms with van der Waals surface area (Å²) in [6, 6.07) is 11.2. The molecule has 0 spiro atoms. The lowest BCUT2D eigenvalue weighted by atomic mass is 10.0. The van der Waals surface area contributed by atoms with E-state index in [1.54, 1.807) is 13.2 Å². The number of hydrogen-bond donors (Lipinski definition) is 1. The first-order chi connectivity index (χ1) is 10.8. The van der Waals surface area contributed by atoms with Gasteiger partial charge in [0.05, 0.1) is 12.8 Å². The number of nitrogens with one attached hydrogen (secondary N) is 1. The standard InChI is InChI=1S/C17H18N2O3/c1-21-16-6-2-5-13(19-16)11-22-14-7-8-15-12(10-14)4-3-9-18-17(15)20/h2,5-8,10H,3-4,9,11H2,1H3,(H,18,20). The van der Waals surface area contributed by atoms with Crippen molar-refractivity contribution >= 4 is 5.91 Å². The minimum absolute atomic E-state index is 0.00601. The van der Waals surface area contributed by atoms with Gasteiger partial charge in [-0.05, 0) is 42.7 Å². The van der Waals surface area contributed by atoms with Gasteiger partial charge in [-0.15, -0.1) is 0 Å². The molecule has 3 rings (SSSR count). The Kier molecular flexibility index (Phi) is 4.23. The van der Waals surface area contributed by atoms with Gasteiger partial charge in [0.2, 0.25) is 5.88 Å². The number of amides is 1. The molecule has 1 aliphatic heterocycles. The van der Waals surface area contributed by atoms with E-state index >= 15 is 0 Å². The van der Waals surface area contributed by atoms with Crippen molar-refractivity contribution in [2.45, 2.75) is 19.4 Å². The zero-order chi connectivity index (χ0) is 15.4. The molecule has 0 saturated heterocycles. The molecular formula is C17H18N2O3. The summed E-state index contributed by atoms with van der Waals surface area (Å²) < 4.78 is 10.9. The summed E-state index contributed by atoms with van der Waals surface area (Å²) >= 11 is 0. The number of benzene rings is 1. The van der Waals surface area contributed by atoms with Crippen LogP contribution in [-0.4, -0.2) is 24.5 Å². The Morgan fingerprint density at radius 1 is 1.27 bits per heavy atom. The average Bonchev–Trinajstić information content (AvgIpc) is 2.74. The molecule has 0 radical (unpaired) electrons. The van der Waals surface area contributed by atoms with Crippen molar-refractivity contribution in [1.82, 2.24) is 10.3 Å². The summed E-state index contributed by atoms with van der Waals surface area (Å²) in [4.78, 5) is 16.2. The highest BCUT2D eigenvalue weighted by Gasteiger charge is 2.15. The summed E-state index contributed by atoms with van der Waals surface area (Å²) in [5.41, 5.74) is 2.57. The number of ether oxygens (including phenoxy) is 2. The lowest BCUT2D eigenvalue weighted by Crippen LogP contribution is -2.22. The highest BCUT2D eigenvalue weighted by molar-refractivity contribution is 5.96. The number of carbonyl (C=O) groups is 1. The monoisotopic (exact) mass is 298 g/mol. The molecule has 1 aromatic heterocycles. The smallest absolute Gasteiger partial charge is 0.251 e. The van der Waals surface area contributed by atoms with Gasteiger partial charge in [0.25, 0.3) is 5.91 Å². The van der Waals surface area contributed by atoms with Crippen molar-refractivity contribution in [2.24, 2.45) is 0 Å². The Hall–Kier alpha value is -2.56. The van der Waals surface area contributed by atoms with Crippen LogP contribution in [0.5, 0.6) is 11.6 Å². The van der Waals surface area contributed by atoms with Gasteiger partial charge in [0, 0.05) is 18.2 Å². The van der Waals surface area contributed by atoms with Gasteiger partial charge in [-0.3, -0.25) is 4.79 Å². The van der Waals surface area contributed by atoms with Crippen molar-refractivity contribution < 1.29 is 14.3 Å². The molecule has 2 heterocycles. The zero-order valence-corrected chi connectivity index (χ0v) is 12.5. The van der Waals surface area contributed by atoms with Gasteiger partial charge in [0.1, 0.15) is 12.4 Å². The fraction of sp³-hybridized carbons (Fsp3) is 0.294. The molecule has 5 nitrogen and oxygen atoms in total. The van der Waals surface area contributed by atoms with Gasteiger partial charge < -0.3 is 14.8 Å². The van der Waals surface area contributed by atoms with Crippen LogP contribution in [-0.2, 0) is 13.0 Å². The third-order valence-corrected chi connectivity index (χ3v) is 3.61. The number of pyridine rings is 1. The van der Waals surface area contributed by atoms with Crippen molar-refractivity contribution in [2.75, 3.05) is 13.7 Å². The van der Waals surface area contributed by atoms with Crippen LogP contribution in [0.3, 0.4) is 0 Å². The number of aromatic nitrogens is 1. The van der Waals surface area contributed by atoms with Crippen LogP contribution in [0.15, 0.2) is 36.4 Å². The zero-order valence-electron chi connectivity index (χ0n) is 12.5. The van der Waals surface area contributed by atoms with Crippen LogP contribution >= 0.6 is 0 Å². The molecule has 0 aliphatic carbocycles. The summed E-state index contributed by atoms with van der Waals surface area (Å²) in [6.07, 6.45) is 1.82. The number of carbonyl (C=O) groups excluding carboxylic acids is 1. The molecule has 0 fully saturated rings. The van der Waals surface area contributed by atoms with Gasteiger partial charge in [-0.2, -0.15) is 0 Å². The number of hydrogen-bond acceptors (Lipinski definition) is 4. The largest absolute Gasteiger partial charge is 0.487 e. The van der Waals surface area contributed by atoms with Crippen LogP contribution in [0.4, 0.5) is 0 Å². The van der Waals surface area contributed by atoms with E-state index in [4.69, 9.17) is 9.47 Å². The van der Waals surface area contributed by atoms with Crippen LogP contribution in [0, 0.1) is 0 Å². The molecule has 0 unspecified atom stereocenters. The molecule has 1 aliphatic rings. The Balaban J connectivity index is 1.73. The van der Waals surface area contributed by atoms with Crippen molar-refractivity contribution in [3.63, 3.8) is 0 Å². The molecule has 1 aromatic carbocycles. The quantitative estimate of drug-likeness (QED) is 0.941. The number of nitrogens with zero attached hydrogens (tertiary/aromatic N) is 1. The Morgan fingerprint density at radius 3 is 3.05 bits per heavy atom. The minimum atomic E-state index is -0.00601. The molecule has 22 heavy (non-hydrogen) atoms. The van der Waals surface area contributed by atoms with Crippen molar-refractivity contribution in [3.05, 3.63) is 53.2 Å². The predicted molar refractivity (Wildman–Crippen MR) is 82.2 cm³/mol. The SMILES string of the molecule is COc1cccc(COc2ccc3c(c2)CCCNC3=O)n1. The second kappa shape index (κ2) is 6.47. The molecule has 0 bridgehead atoms. The van der Waals surface area contributed by atoms with Gasteiger partial charge >= 0.3 is 0 Å². The lowest BCUT2D eigenvalue weighted by Gasteiger charge is -2.10. The average molecular weight is 298 g/mol. The number of fused-ring (bicyclic) bond motifs is 1. The van der Waals surface area contributed by atoms with E-state index < -0.39 is 0 Å². The van der Waals surface area contributed by atoms with Crippen LogP contribution in [0.25, 0.3) is 0 Å². The molecule has 0 saturated carbocycles. The normalized spacial score (nSPS) is 13.8. The summed E-state index contributed by atoms with van der Waals surface area (Å²) in [5.74, 6) is 1.31. The van der Waals surface area contributed by atoms with Crippen molar-refractivity contribution in [1.29, 1.82) is 0 Å². The first kappa shape index (κ1) is 14.4. The van der Waals surface area contributed by atoms with Crippen LogP contribution in [0.1, 0.15) is 28.0 Å². The molecule has 1 amide bonds. The predicted octanol–water partition coefficient (Wildman–Crippen LogP) is 2.35. The minimum Gasteiger partial charge on any atom is -0.487 e. The highest BCUT2D eigenvalue weighted by atomic mass is 16.5. The summed E-state index contributed by atoms with van der Waals surface area (Å²) in [6.45, 7) is 1.08. The Morgan fingerprint density at radius 2 is 2.18 bits per heavy atom. The fourth-order valence-electron chi connectivity index (χ4n) is 2.47. The molecule has 114 valence electrons. The topological polar surface area (TPSA) is 60.5 Å². The van der Waals surface area contributed by atoms with E-state index in [2.05, 4.69) is 10.3 Å². The van der Waals surface area contributed by atoms with Crippen molar-refractivity contribution in [3.8, 4) is 11.6 Å². The number of methoxy groups -OCH3 is 1. The Bertz CT molecular complexity index is 685. The third-order valence-electron chi connectivity index (χ3n) is 3.61. The maximum absolute atomic E-state index is 11.9. The third kappa shape index (κ3) is 3.19. The van der Waals surface area contributed by atoms with E-state index in [0.717, 1.165) is 42.0 Å². The van der Waals surface area contributed by atoms with Gasteiger partial charge in [-0.25, -0.2) is 4.98 Å². The lowest BCUT2D eigenvalue weighted by molar-refractivity contribution is 0.0956. The maximum Gasteiger partial charge on any atom is 0.251 e. The molecule has 2 aromatic rings. The van der Waals surface area contributed by atoms with Crippen LogP contribution < -0.4 is 14.8 Å². The van der Waals surface area contributed by atoms with E-state index in [-0.39, 0.29) is 5.91 Å².